The number of thioether (sulfide) groups is 1. The Morgan fingerprint density at radius 1 is 1.60 bits per heavy atom. The normalized spacial score (nSPS) is 19.3. The minimum absolute atomic E-state index is 0.0443. The zero-order valence-electron chi connectivity index (χ0n) is 8.61. The van der Waals surface area contributed by atoms with Crippen molar-refractivity contribution in [2.24, 2.45) is 0 Å². The maximum Gasteiger partial charge on any atom is 0.237 e. The van der Waals surface area contributed by atoms with Crippen molar-refractivity contribution in [3.63, 3.8) is 0 Å². The van der Waals surface area contributed by atoms with Crippen LogP contribution in [0.1, 0.15) is 13.3 Å². The van der Waals surface area contributed by atoms with Crippen molar-refractivity contribution in [1.82, 2.24) is 4.98 Å². The van der Waals surface area contributed by atoms with E-state index in [0.717, 1.165) is 17.1 Å². The zero-order chi connectivity index (χ0) is 10.8. The number of hydrogen-bond donors (Lipinski definition) is 1. The molecule has 2 heterocycles. The van der Waals surface area contributed by atoms with Crippen LogP contribution in [0.15, 0.2) is 17.2 Å². The van der Waals surface area contributed by atoms with E-state index in [-0.39, 0.29) is 11.2 Å². The van der Waals surface area contributed by atoms with Gasteiger partial charge in [0.25, 0.3) is 0 Å². The monoisotopic (exact) mass is 224 g/mol. The fourth-order valence-electron chi connectivity index (χ4n) is 1.39. The first kappa shape index (κ1) is 10.3. The molecule has 1 amide bonds. The lowest BCUT2D eigenvalue weighted by molar-refractivity contribution is -0.115. The summed E-state index contributed by atoms with van der Waals surface area (Å²) in [6.07, 6.45) is 0.800. The Hall–Kier alpha value is -1.23. The van der Waals surface area contributed by atoms with Gasteiger partial charge in [-0.15, -0.1) is 0 Å². The second-order valence-electron chi connectivity index (χ2n) is 3.21. The molecule has 1 N–H and O–H groups in total. The van der Waals surface area contributed by atoms with Gasteiger partial charge in [-0.05, 0) is 12.5 Å². The number of methoxy groups -OCH3 is 1. The number of fused-ring (bicyclic) bond motifs is 1. The standard InChI is InChI=1S/C10H12N2O2S/c1-3-7-9(13)11-6-4-5-8(14-2)12-10(6)15-7/h4-5,7H,3H2,1-2H3,(H,11,13). The van der Waals surface area contributed by atoms with E-state index in [4.69, 9.17) is 4.74 Å². The summed E-state index contributed by atoms with van der Waals surface area (Å²) in [7, 11) is 1.58. The molecule has 0 spiro atoms. The van der Waals surface area contributed by atoms with Gasteiger partial charge in [0.15, 0.2) is 0 Å². The number of aromatic nitrogens is 1. The molecule has 0 fully saturated rings. The minimum Gasteiger partial charge on any atom is -0.481 e. The van der Waals surface area contributed by atoms with E-state index in [0.29, 0.717) is 5.88 Å². The molecule has 1 aliphatic heterocycles. The maximum absolute atomic E-state index is 11.6. The third-order valence-electron chi connectivity index (χ3n) is 2.22. The first-order valence-corrected chi connectivity index (χ1v) is 5.65. The van der Waals surface area contributed by atoms with E-state index < -0.39 is 0 Å². The molecule has 0 aromatic carbocycles. The third-order valence-corrected chi connectivity index (χ3v) is 3.59. The van der Waals surface area contributed by atoms with Crippen LogP contribution < -0.4 is 10.1 Å². The highest BCUT2D eigenvalue weighted by molar-refractivity contribution is 8.00. The Balaban J connectivity index is 2.33. The van der Waals surface area contributed by atoms with Crippen molar-refractivity contribution >= 4 is 23.4 Å². The molecule has 0 aliphatic carbocycles. The molecule has 1 atom stereocenters. The molecular weight excluding hydrogens is 212 g/mol. The summed E-state index contributed by atoms with van der Waals surface area (Å²) in [5.41, 5.74) is 0.774. The first-order valence-electron chi connectivity index (χ1n) is 4.77. The predicted octanol–water partition coefficient (Wildman–Crippen LogP) is 1.91. The van der Waals surface area contributed by atoms with Gasteiger partial charge in [0.1, 0.15) is 5.03 Å². The third kappa shape index (κ3) is 1.92. The Labute approximate surface area is 92.4 Å². The molecule has 15 heavy (non-hydrogen) atoms. The number of pyridine rings is 1. The van der Waals surface area contributed by atoms with Gasteiger partial charge < -0.3 is 10.1 Å². The van der Waals surface area contributed by atoms with Gasteiger partial charge in [-0.3, -0.25) is 4.79 Å². The van der Waals surface area contributed by atoms with E-state index >= 15 is 0 Å². The summed E-state index contributed by atoms with van der Waals surface area (Å²) in [5, 5.41) is 3.62. The van der Waals surface area contributed by atoms with E-state index in [1.165, 1.54) is 11.8 Å². The first-order chi connectivity index (χ1) is 7.24. The van der Waals surface area contributed by atoms with Gasteiger partial charge in [0.05, 0.1) is 18.0 Å². The highest BCUT2D eigenvalue weighted by Crippen LogP contribution is 2.36. The SMILES string of the molecule is CCC1Sc2nc(OC)ccc2NC1=O. The fraction of sp³-hybridized carbons (Fsp3) is 0.400. The van der Waals surface area contributed by atoms with Crippen LogP contribution in [0.3, 0.4) is 0 Å². The van der Waals surface area contributed by atoms with Crippen molar-refractivity contribution in [2.45, 2.75) is 23.6 Å². The van der Waals surface area contributed by atoms with Gasteiger partial charge in [-0.25, -0.2) is 4.98 Å². The summed E-state index contributed by atoms with van der Waals surface area (Å²) >= 11 is 1.49. The maximum atomic E-state index is 11.6. The molecule has 1 aromatic heterocycles. The van der Waals surface area contributed by atoms with E-state index in [9.17, 15) is 4.79 Å². The molecule has 5 heteroatoms. The summed E-state index contributed by atoms with van der Waals surface area (Å²) < 4.78 is 5.04. The quantitative estimate of drug-likeness (QED) is 0.833. The van der Waals surface area contributed by atoms with E-state index in [1.807, 2.05) is 13.0 Å². The number of ether oxygens (including phenoxy) is 1. The lowest BCUT2D eigenvalue weighted by atomic mass is 10.3. The number of nitrogens with one attached hydrogen (secondary N) is 1. The van der Waals surface area contributed by atoms with Crippen LogP contribution in [0, 0.1) is 0 Å². The summed E-state index contributed by atoms with van der Waals surface area (Å²) in [5.74, 6) is 0.634. The second-order valence-corrected chi connectivity index (χ2v) is 4.40. The summed E-state index contributed by atoms with van der Waals surface area (Å²) in [6, 6.07) is 3.56. The molecule has 80 valence electrons. The molecule has 2 rings (SSSR count). The van der Waals surface area contributed by atoms with Crippen LogP contribution in [-0.4, -0.2) is 23.3 Å². The molecule has 1 unspecified atom stereocenters. The van der Waals surface area contributed by atoms with Gasteiger partial charge >= 0.3 is 0 Å². The molecule has 1 aliphatic rings. The molecular formula is C10H12N2O2S. The Kier molecular flexibility index (Phi) is 2.81. The number of hydrogen-bond acceptors (Lipinski definition) is 4. The highest BCUT2D eigenvalue weighted by atomic mass is 32.2. The van der Waals surface area contributed by atoms with E-state index in [1.54, 1.807) is 13.2 Å². The van der Waals surface area contributed by atoms with Crippen LogP contribution in [0.2, 0.25) is 0 Å². The Bertz CT molecular complexity index is 395. The number of carbonyl (C=O) groups is 1. The fourth-order valence-corrected chi connectivity index (χ4v) is 2.38. The van der Waals surface area contributed by atoms with Crippen LogP contribution in [0.25, 0.3) is 0 Å². The molecule has 4 nitrogen and oxygen atoms in total. The van der Waals surface area contributed by atoms with Gasteiger partial charge in [-0.1, -0.05) is 18.7 Å². The van der Waals surface area contributed by atoms with Crippen molar-refractivity contribution in [3.05, 3.63) is 12.1 Å². The predicted molar refractivity (Wildman–Crippen MR) is 59.4 cm³/mol. The van der Waals surface area contributed by atoms with E-state index in [2.05, 4.69) is 10.3 Å². The topological polar surface area (TPSA) is 51.2 Å². The average molecular weight is 224 g/mol. The van der Waals surface area contributed by atoms with Crippen LogP contribution in [0.4, 0.5) is 5.69 Å². The summed E-state index contributed by atoms with van der Waals surface area (Å²) in [6.45, 7) is 1.99. The largest absolute Gasteiger partial charge is 0.481 e. The Morgan fingerprint density at radius 3 is 3.07 bits per heavy atom. The van der Waals surface area contributed by atoms with Crippen molar-refractivity contribution in [2.75, 3.05) is 12.4 Å². The van der Waals surface area contributed by atoms with Crippen molar-refractivity contribution in [3.8, 4) is 5.88 Å². The van der Waals surface area contributed by atoms with Gasteiger partial charge in [0, 0.05) is 6.07 Å². The van der Waals surface area contributed by atoms with Crippen LogP contribution >= 0.6 is 11.8 Å². The van der Waals surface area contributed by atoms with Gasteiger partial charge in [0.2, 0.25) is 11.8 Å². The minimum atomic E-state index is -0.0443. The average Bonchev–Trinajstić information content (AvgIpc) is 2.27. The Morgan fingerprint density at radius 2 is 2.40 bits per heavy atom. The molecule has 1 aromatic rings. The smallest absolute Gasteiger partial charge is 0.237 e. The van der Waals surface area contributed by atoms with Crippen molar-refractivity contribution < 1.29 is 9.53 Å². The lowest BCUT2D eigenvalue weighted by Gasteiger charge is -2.22. The van der Waals surface area contributed by atoms with Crippen molar-refractivity contribution in [1.29, 1.82) is 0 Å². The highest BCUT2D eigenvalue weighted by Gasteiger charge is 2.26. The van der Waals surface area contributed by atoms with Crippen LogP contribution in [0.5, 0.6) is 5.88 Å². The second kappa shape index (κ2) is 4.10. The lowest BCUT2D eigenvalue weighted by Crippen LogP contribution is -2.28. The summed E-state index contributed by atoms with van der Waals surface area (Å²) in [4.78, 5) is 15.8. The molecule has 0 radical (unpaired) electrons. The number of amides is 1. The molecule has 0 saturated carbocycles. The number of rotatable bonds is 2. The molecule has 0 bridgehead atoms. The van der Waals surface area contributed by atoms with Gasteiger partial charge in [-0.2, -0.15) is 0 Å². The molecule has 0 saturated heterocycles. The number of nitrogens with zero attached hydrogens (tertiary/aromatic N) is 1. The number of anilines is 1. The zero-order valence-corrected chi connectivity index (χ0v) is 9.43. The van der Waals surface area contributed by atoms with Crippen LogP contribution in [-0.2, 0) is 4.79 Å². The number of carbonyl (C=O) groups excluding carboxylic acids is 1.